The third-order valence-electron chi connectivity index (χ3n) is 5.68. The van der Waals surface area contributed by atoms with Crippen LogP contribution in [0.1, 0.15) is 31.2 Å². The van der Waals surface area contributed by atoms with Gasteiger partial charge in [0.05, 0.1) is 25.4 Å². The van der Waals surface area contributed by atoms with Crippen molar-refractivity contribution in [2.24, 2.45) is 11.8 Å². The van der Waals surface area contributed by atoms with Crippen LogP contribution in [0.5, 0.6) is 0 Å². The van der Waals surface area contributed by atoms with Crippen LogP contribution < -0.4 is 0 Å². The Morgan fingerprint density at radius 1 is 1.04 bits per heavy atom. The van der Waals surface area contributed by atoms with Gasteiger partial charge in [-0.1, -0.05) is 42.5 Å². The monoisotopic (exact) mass is 358 g/mol. The van der Waals surface area contributed by atoms with Gasteiger partial charge in [-0.3, -0.25) is 4.79 Å². The number of carbonyl (C=O) groups is 1. The molecular formula is C21H26O5. The van der Waals surface area contributed by atoms with Gasteiger partial charge in [-0.2, -0.15) is 0 Å². The third-order valence-corrected chi connectivity index (χ3v) is 5.68. The van der Waals surface area contributed by atoms with Gasteiger partial charge in [-0.15, -0.1) is 0 Å². The molecule has 0 saturated carbocycles. The lowest BCUT2D eigenvalue weighted by atomic mass is 9.78. The Balaban J connectivity index is 1.27. The van der Waals surface area contributed by atoms with E-state index in [9.17, 15) is 4.79 Å². The SMILES string of the molecule is O=C(O)CCCC=CC[C@H]1[C@@H](COCc2ccccc2)[C@@H]2O[C@H]1[C@@H]1O[C@@H]12. The molecule has 4 rings (SSSR count). The number of carboxylic acids is 1. The Bertz CT molecular complexity index is 643. The number of epoxide rings is 1. The molecule has 3 heterocycles. The maximum absolute atomic E-state index is 10.5. The van der Waals surface area contributed by atoms with Crippen molar-refractivity contribution in [1.82, 2.24) is 0 Å². The van der Waals surface area contributed by atoms with Crippen LogP contribution in [-0.4, -0.2) is 42.1 Å². The average molecular weight is 358 g/mol. The predicted octanol–water partition coefficient (Wildman–Crippen LogP) is 3.19. The predicted molar refractivity (Wildman–Crippen MR) is 95.6 cm³/mol. The van der Waals surface area contributed by atoms with Crippen LogP contribution in [0.3, 0.4) is 0 Å². The molecule has 26 heavy (non-hydrogen) atoms. The van der Waals surface area contributed by atoms with E-state index in [2.05, 4.69) is 24.3 Å². The van der Waals surface area contributed by atoms with Crippen molar-refractivity contribution in [1.29, 1.82) is 0 Å². The van der Waals surface area contributed by atoms with E-state index in [4.69, 9.17) is 19.3 Å². The molecule has 0 aromatic heterocycles. The minimum absolute atomic E-state index is 0.172. The van der Waals surface area contributed by atoms with E-state index in [0.717, 1.165) is 12.8 Å². The molecule has 0 aliphatic carbocycles. The number of hydrogen-bond acceptors (Lipinski definition) is 4. The summed E-state index contributed by atoms with van der Waals surface area (Å²) in [6, 6.07) is 10.2. The van der Waals surface area contributed by atoms with Gasteiger partial charge in [-0.25, -0.2) is 0 Å². The summed E-state index contributed by atoms with van der Waals surface area (Å²) in [7, 11) is 0. The Labute approximate surface area is 153 Å². The first-order chi connectivity index (χ1) is 12.7. The van der Waals surface area contributed by atoms with Crippen LogP contribution in [0, 0.1) is 11.8 Å². The van der Waals surface area contributed by atoms with Gasteiger partial charge in [0.1, 0.15) is 12.2 Å². The molecule has 2 bridgehead atoms. The molecule has 3 aliphatic rings. The maximum Gasteiger partial charge on any atom is 0.303 e. The molecule has 1 N–H and O–H groups in total. The normalized spacial score (nSPS) is 34.3. The van der Waals surface area contributed by atoms with Gasteiger partial charge < -0.3 is 19.3 Å². The molecule has 0 amide bonds. The molecule has 140 valence electrons. The Kier molecular flexibility index (Phi) is 5.38. The van der Waals surface area contributed by atoms with Crippen molar-refractivity contribution in [3.63, 3.8) is 0 Å². The molecule has 1 aromatic rings. The summed E-state index contributed by atoms with van der Waals surface area (Å²) < 4.78 is 17.9. The van der Waals surface area contributed by atoms with E-state index in [1.807, 2.05) is 18.2 Å². The number of allylic oxidation sites excluding steroid dienone is 2. The van der Waals surface area contributed by atoms with Gasteiger partial charge in [0, 0.05) is 12.3 Å². The molecule has 0 radical (unpaired) electrons. The highest BCUT2D eigenvalue weighted by Gasteiger charge is 2.68. The first-order valence-electron chi connectivity index (χ1n) is 9.53. The van der Waals surface area contributed by atoms with Gasteiger partial charge in [0.25, 0.3) is 0 Å². The molecule has 0 unspecified atom stereocenters. The Morgan fingerprint density at radius 2 is 1.77 bits per heavy atom. The van der Waals surface area contributed by atoms with E-state index in [1.54, 1.807) is 0 Å². The second-order valence-corrected chi connectivity index (χ2v) is 7.45. The molecular weight excluding hydrogens is 332 g/mol. The van der Waals surface area contributed by atoms with Gasteiger partial charge >= 0.3 is 5.97 Å². The zero-order valence-corrected chi connectivity index (χ0v) is 14.8. The first-order valence-corrected chi connectivity index (χ1v) is 9.53. The molecule has 5 heteroatoms. The van der Waals surface area contributed by atoms with Crippen LogP contribution in [0.2, 0.25) is 0 Å². The number of carboxylic acid groups (broad SMARTS) is 1. The fourth-order valence-electron chi connectivity index (χ4n) is 4.33. The average Bonchev–Trinajstić information content (AvgIpc) is 3.27. The van der Waals surface area contributed by atoms with Gasteiger partial charge in [0.2, 0.25) is 0 Å². The standard InChI is InChI=1S/C21H26O5/c22-17(23)11-7-2-1-6-10-15-16(19-21-20(26-21)18(15)25-19)13-24-12-14-8-4-3-5-9-14/h1,3-6,8-9,15-16,18-21H,2,7,10-13H2,(H,22,23)/t15-,16+,18+,19-,20-,21+/m0/s1. The zero-order valence-electron chi connectivity index (χ0n) is 14.8. The fraction of sp³-hybridized carbons (Fsp3) is 0.571. The number of hydrogen-bond donors (Lipinski definition) is 1. The Hall–Kier alpha value is -1.69. The third kappa shape index (κ3) is 3.85. The van der Waals surface area contributed by atoms with Crippen LogP contribution >= 0.6 is 0 Å². The van der Waals surface area contributed by atoms with Crippen molar-refractivity contribution in [3.05, 3.63) is 48.0 Å². The topological polar surface area (TPSA) is 68.3 Å². The van der Waals surface area contributed by atoms with Gasteiger partial charge in [0.15, 0.2) is 0 Å². The lowest BCUT2D eigenvalue weighted by molar-refractivity contribution is -0.137. The summed E-state index contributed by atoms with van der Waals surface area (Å²) in [5, 5.41) is 8.68. The van der Waals surface area contributed by atoms with E-state index in [-0.39, 0.29) is 30.8 Å². The lowest BCUT2D eigenvalue weighted by Gasteiger charge is -2.25. The highest BCUT2D eigenvalue weighted by Crippen LogP contribution is 2.54. The van der Waals surface area contributed by atoms with Crippen molar-refractivity contribution >= 4 is 5.97 Å². The molecule has 5 nitrogen and oxygen atoms in total. The van der Waals surface area contributed by atoms with Gasteiger partial charge in [-0.05, 0) is 30.7 Å². The van der Waals surface area contributed by atoms with Crippen molar-refractivity contribution in [2.75, 3.05) is 6.61 Å². The number of rotatable bonds is 10. The number of fused-ring (bicyclic) bond motifs is 5. The van der Waals surface area contributed by atoms with Crippen LogP contribution in [0.15, 0.2) is 42.5 Å². The summed E-state index contributed by atoms with van der Waals surface area (Å²) in [5.41, 5.74) is 1.19. The first kappa shape index (κ1) is 17.7. The molecule has 3 saturated heterocycles. The van der Waals surface area contributed by atoms with Crippen LogP contribution in [-0.2, 0) is 25.6 Å². The number of unbranched alkanes of at least 4 members (excludes halogenated alkanes) is 1. The molecule has 3 fully saturated rings. The smallest absolute Gasteiger partial charge is 0.303 e. The van der Waals surface area contributed by atoms with E-state index in [0.29, 0.717) is 31.5 Å². The summed E-state index contributed by atoms with van der Waals surface area (Å²) in [6.45, 7) is 1.32. The summed E-state index contributed by atoms with van der Waals surface area (Å²) >= 11 is 0. The number of benzene rings is 1. The maximum atomic E-state index is 10.5. The minimum Gasteiger partial charge on any atom is -0.481 e. The number of ether oxygens (including phenoxy) is 3. The van der Waals surface area contributed by atoms with E-state index in [1.165, 1.54) is 5.56 Å². The Morgan fingerprint density at radius 3 is 2.54 bits per heavy atom. The lowest BCUT2D eigenvalue weighted by Crippen LogP contribution is -2.35. The quantitative estimate of drug-likeness (QED) is 0.395. The largest absolute Gasteiger partial charge is 0.481 e. The van der Waals surface area contributed by atoms with Crippen molar-refractivity contribution < 1.29 is 24.1 Å². The minimum atomic E-state index is -0.729. The highest BCUT2D eigenvalue weighted by molar-refractivity contribution is 5.66. The highest BCUT2D eigenvalue weighted by atomic mass is 16.7. The summed E-state index contributed by atoms with van der Waals surface area (Å²) in [6.07, 6.45) is 7.89. The summed E-state index contributed by atoms with van der Waals surface area (Å²) in [5.74, 6) is 0.0684. The number of aliphatic carboxylic acids is 1. The van der Waals surface area contributed by atoms with Crippen LogP contribution in [0.4, 0.5) is 0 Å². The van der Waals surface area contributed by atoms with E-state index >= 15 is 0 Å². The molecule has 6 atom stereocenters. The van der Waals surface area contributed by atoms with Crippen molar-refractivity contribution in [2.45, 2.75) is 56.7 Å². The molecule has 1 aromatic carbocycles. The van der Waals surface area contributed by atoms with E-state index < -0.39 is 5.97 Å². The summed E-state index contributed by atoms with van der Waals surface area (Å²) in [4.78, 5) is 10.5. The second kappa shape index (κ2) is 7.91. The van der Waals surface area contributed by atoms with Crippen molar-refractivity contribution in [3.8, 4) is 0 Å². The second-order valence-electron chi connectivity index (χ2n) is 7.45. The van der Waals surface area contributed by atoms with Crippen LogP contribution in [0.25, 0.3) is 0 Å². The fourth-order valence-corrected chi connectivity index (χ4v) is 4.33. The zero-order chi connectivity index (χ0) is 17.9. The molecule has 3 aliphatic heterocycles. The molecule has 0 spiro atoms.